The van der Waals surface area contributed by atoms with Crippen LogP contribution in [0.4, 0.5) is 0 Å². The Balaban J connectivity index is 2.37. The third kappa shape index (κ3) is 5.98. The van der Waals surface area contributed by atoms with Gasteiger partial charge in [-0.1, -0.05) is 16.8 Å². The Morgan fingerprint density at radius 2 is 2.37 bits per heavy atom. The van der Waals surface area contributed by atoms with Crippen molar-refractivity contribution in [1.82, 2.24) is 10.5 Å². The van der Waals surface area contributed by atoms with Gasteiger partial charge in [-0.05, 0) is 18.4 Å². The van der Waals surface area contributed by atoms with Crippen LogP contribution in [0.15, 0.2) is 10.6 Å². The molecule has 6 nitrogen and oxygen atoms in total. The minimum Gasteiger partial charge on any atom is -0.480 e. The molecule has 0 fully saturated rings. The van der Waals surface area contributed by atoms with Crippen LogP contribution in [-0.4, -0.2) is 40.2 Å². The number of halogens is 1. The van der Waals surface area contributed by atoms with Gasteiger partial charge in [-0.25, -0.2) is 4.79 Å². The minimum absolute atomic E-state index is 0.134. The molecule has 8 heteroatoms. The van der Waals surface area contributed by atoms with Gasteiger partial charge in [0.25, 0.3) is 0 Å². The summed E-state index contributed by atoms with van der Waals surface area (Å²) < 4.78 is 4.85. The van der Waals surface area contributed by atoms with Gasteiger partial charge in [0.1, 0.15) is 11.8 Å². The van der Waals surface area contributed by atoms with Crippen molar-refractivity contribution < 1.29 is 19.2 Å². The van der Waals surface area contributed by atoms with Crippen molar-refractivity contribution in [1.29, 1.82) is 0 Å². The van der Waals surface area contributed by atoms with Gasteiger partial charge in [0.2, 0.25) is 5.91 Å². The fourth-order valence-corrected chi connectivity index (χ4v) is 2.03. The molecule has 1 aromatic rings. The largest absolute Gasteiger partial charge is 0.480 e. The Kier molecular flexibility index (Phi) is 6.72. The highest BCUT2D eigenvalue weighted by Gasteiger charge is 2.19. The molecule has 1 heterocycles. The number of carbonyl (C=O) groups is 2. The van der Waals surface area contributed by atoms with Crippen LogP contribution < -0.4 is 5.32 Å². The number of nitrogens with one attached hydrogen (secondary N) is 1. The molecule has 0 aliphatic rings. The molecule has 0 aliphatic carbocycles. The molecule has 1 atom stereocenters. The molecular weight excluding hydrogens is 292 g/mol. The number of aliphatic carboxylic acids is 1. The molecule has 0 aliphatic heterocycles. The fraction of sp³-hybridized carbons (Fsp3) is 0.545. The SMILES string of the molecule is CSCC[C@H](NC(=O)CCc1cc(Cl)no1)C(=O)O. The molecule has 0 radical (unpaired) electrons. The van der Waals surface area contributed by atoms with Crippen molar-refractivity contribution in [3.8, 4) is 0 Å². The van der Waals surface area contributed by atoms with E-state index in [1.807, 2.05) is 6.26 Å². The quantitative estimate of drug-likeness (QED) is 0.757. The number of hydrogen-bond acceptors (Lipinski definition) is 5. The van der Waals surface area contributed by atoms with Gasteiger partial charge in [0.05, 0.1) is 0 Å². The Morgan fingerprint density at radius 1 is 1.63 bits per heavy atom. The third-order valence-corrected chi connectivity index (χ3v) is 3.19. The summed E-state index contributed by atoms with van der Waals surface area (Å²) in [6.45, 7) is 0. The summed E-state index contributed by atoms with van der Waals surface area (Å²) in [7, 11) is 0. The Labute approximate surface area is 119 Å². The summed E-state index contributed by atoms with van der Waals surface area (Å²) in [6, 6.07) is 0.676. The van der Waals surface area contributed by atoms with E-state index in [4.69, 9.17) is 21.2 Å². The number of hydrogen-bond donors (Lipinski definition) is 2. The monoisotopic (exact) mass is 306 g/mol. The lowest BCUT2D eigenvalue weighted by Crippen LogP contribution is -2.41. The van der Waals surface area contributed by atoms with Crippen molar-refractivity contribution in [2.24, 2.45) is 0 Å². The first kappa shape index (κ1) is 15.8. The number of carbonyl (C=O) groups excluding carboxylic acids is 1. The molecular formula is C11H15ClN2O4S. The average molecular weight is 307 g/mol. The van der Waals surface area contributed by atoms with Crippen LogP contribution in [0.2, 0.25) is 5.15 Å². The van der Waals surface area contributed by atoms with Crippen molar-refractivity contribution in [3.05, 3.63) is 17.0 Å². The number of rotatable bonds is 8. The van der Waals surface area contributed by atoms with E-state index in [1.165, 1.54) is 17.8 Å². The second-order valence-electron chi connectivity index (χ2n) is 3.86. The van der Waals surface area contributed by atoms with E-state index in [2.05, 4.69) is 10.5 Å². The minimum atomic E-state index is -1.02. The first-order valence-corrected chi connectivity index (χ1v) is 7.42. The van der Waals surface area contributed by atoms with Crippen LogP contribution in [0.1, 0.15) is 18.6 Å². The number of aryl methyl sites for hydroxylation is 1. The van der Waals surface area contributed by atoms with Crippen LogP contribution in [0.3, 0.4) is 0 Å². The molecule has 0 spiro atoms. The van der Waals surface area contributed by atoms with Crippen molar-refractivity contribution in [2.75, 3.05) is 12.0 Å². The average Bonchev–Trinajstić information content (AvgIpc) is 2.77. The Bertz CT molecular complexity index is 438. The number of amides is 1. The van der Waals surface area contributed by atoms with Gasteiger partial charge in [-0.15, -0.1) is 0 Å². The zero-order valence-corrected chi connectivity index (χ0v) is 12.0. The maximum Gasteiger partial charge on any atom is 0.326 e. The highest BCUT2D eigenvalue weighted by molar-refractivity contribution is 7.98. The first-order chi connectivity index (χ1) is 9.02. The molecule has 0 saturated heterocycles. The van der Waals surface area contributed by atoms with Gasteiger partial charge >= 0.3 is 5.97 Å². The number of nitrogens with zero attached hydrogens (tertiary/aromatic N) is 1. The van der Waals surface area contributed by atoms with Crippen molar-refractivity contribution >= 4 is 35.2 Å². The molecule has 2 N–H and O–H groups in total. The van der Waals surface area contributed by atoms with Gasteiger partial charge in [-0.2, -0.15) is 11.8 Å². The maximum absolute atomic E-state index is 11.6. The van der Waals surface area contributed by atoms with Crippen LogP contribution in [0.25, 0.3) is 0 Å². The number of carboxylic acids is 1. The van der Waals surface area contributed by atoms with Crippen molar-refractivity contribution in [2.45, 2.75) is 25.3 Å². The van der Waals surface area contributed by atoms with E-state index in [0.29, 0.717) is 24.4 Å². The molecule has 0 unspecified atom stereocenters. The zero-order chi connectivity index (χ0) is 14.3. The van der Waals surface area contributed by atoms with E-state index in [0.717, 1.165) is 0 Å². The topological polar surface area (TPSA) is 92.4 Å². The molecule has 0 bridgehead atoms. The highest BCUT2D eigenvalue weighted by atomic mass is 35.5. The van der Waals surface area contributed by atoms with Crippen LogP contribution in [0.5, 0.6) is 0 Å². The van der Waals surface area contributed by atoms with Crippen LogP contribution in [-0.2, 0) is 16.0 Å². The first-order valence-electron chi connectivity index (χ1n) is 5.65. The highest BCUT2D eigenvalue weighted by Crippen LogP contribution is 2.10. The van der Waals surface area contributed by atoms with Gasteiger partial charge in [0, 0.05) is 18.9 Å². The van der Waals surface area contributed by atoms with Gasteiger partial charge < -0.3 is 14.9 Å². The Hall–Kier alpha value is -1.21. The zero-order valence-electron chi connectivity index (χ0n) is 10.4. The predicted molar refractivity (Wildman–Crippen MR) is 72.4 cm³/mol. The lowest BCUT2D eigenvalue weighted by molar-refractivity contribution is -0.141. The number of aromatic nitrogens is 1. The van der Waals surface area contributed by atoms with Gasteiger partial charge in [-0.3, -0.25) is 4.79 Å². The lowest BCUT2D eigenvalue weighted by Gasteiger charge is -2.13. The van der Waals surface area contributed by atoms with E-state index in [9.17, 15) is 9.59 Å². The second-order valence-corrected chi connectivity index (χ2v) is 5.23. The number of carboxylic acid groups (broad SMARTS) is 1. The van der Waals surface area contributed by atoms with Gasteiger partial charge in [0.15, 0.2) is 5.15 Å². The fourth-order valence-electron chi connectivity index (χ4n) is 1.40. The number of thioether (sulfide) groups is 1. The summed E-state index contributed by atoms with van der Waals surface area (Å²) in [5.41, 5.74) is 0. The van der Waals surface area contributed by atoms with Crippen LogP contribution >= 0.6 is 23.4 Å². The summed E-state index contributed by atoms with van der Waals surface area (Å²) in [4.78, 5) is 22.6. The molecule has 1 amide bonds. The van der Waals surface area contributed by atoms with Crippen molar-refractivity contribution in [3.63, 3.8) is 0 Å². The predicted octanol–water partition coefficient (Wildman–Crippen LogP) is 1.58. The van der Waals surface area contributed by atoms with E-state index < -0.39 is 12.0 Å². The normalized spacial score (nSPS) is 12.1. The second kappa shape index (κ2) is 8.06. The molecule has 1 rings (SSSR count). The lowest BCUT2D eigenvalue weighted by atomic mass is 10.2. The van der Waals surface area contributed by atoms with Crippen LogP contribution in [0, 0.1) is 0 Å². The molecule has 0 aromatic carbocycles. The Morgan fingerprint density at radius 3 is 2.89 bits per heavy atom. The molecule has 0 saturated carbocycles. The maximum atomic E-state index is 11.6. The molecule has 1 aromatic heterocycles. The molecule has 19 heavy (non-hydrogen) atoms. The van der Waals surface area contributed by atoms with E-state index in [1.54, 1.807) is 0 Å². The summed E-state index contributed by atoms with van der Waals surface area (Å²) in [6.07, 6.45) is 2.75. The van der Waals surface area contributed by atoms with E-state index >= 15 is 0 Å². The third-order valence-electron chi connectivity index (χ3n) is 2.37. The molecule has 106 valence electrons. The van der Waals surface area contributed by atoms with E-state index in [-0.39, 0.29) is 17.5 Å². The summed E-state index contributed by atoms with van der Waals surface area (Å²) in [5, 5.41) is 15.2. The standard InChI is InChI=1S/C11H15ClN2O4S/c1-19-5-4-8(11(16)17)13-10(15)3-2-7-6-9(12)14-18-7/h6,8H,2-5H2,1H3,(H,13,15)(H,16,17)/t8-/m0/s1. The summed E-state index contributed by atoms with van der Waals surface area (Å²) >= 11 is 7.11. The smallest absolute Gasteiger partial charge is 0.326 e. The summed E-state index contributed by atoms with van der Waals surface area (Å²) in [5.74, 6) is -0.183.